The van der Waals surface area contributed by atoms with Crippen LogP contribution in [0, 0.1) is 6.92 Å². The summed E-state index contributed by atoms with van der Waals surface area (Å²) >= 11 is 0. The molecule has 44 heavy (non-hydrogen) atoms. The number of benzene rings is 1. The molecular formula is C30H41BO13. The minimum absolute atomic E-state index is 0.416. The zero-order chi connectivity index (χ0) is 33.1. The molecular weight excluding hydrogens is 579 g/mol. The van der Waals surface area contributed by atoms with Crippen molar-refractivity contribution >= 4 is 42.4 Å². The van der Waals surface area contributed by atoms with E-state index in [9.17, 15) is 24.0 Å². The molecule has 14 heteroatoms. The van der Waals surface area contributed by atoms with Crippen LogP contribution >= 0.6 is 0 Å². The van der Waals surface area contributed by atoms with Crippen molar-refractivity contribution in [1.82, 2.24) is 0 Å². The maximum absolute atomic E-state index is 12.4. The van der Waals surface area contributed by atoms with Crippen LogP contribution < -0.4 is 5.46 Å². The van der Waals surface area contributed by atoms with Gasteiger partial charge in [-0.2, -0.15) is 0 Å². The fourth-order valence-corrected chi connectivity index (χ4v) is 5.14. The van der Waals surface area contributed by atoms with Gasteiger partial charge in [0.15, 0.2) is 24.4 Å². The maximum atomic E-state index is 12.4. The summed E-state index contributed by atoms with van der Waals surface area (Å²) in [4.78, 5) is 60.8. The molecule has 13 nitrogen and oxygen atoms in total. The average molecular weight is 620 g/mol. The molecule has 3 rings (SSSR count). The standard InChI is InChI=1S/C30H41BO13/c1-15-13-21(31-43-29(7,8)30(9,10)44-31)11-12-22(15)24(38-17(3)33)26-28(41-20(6)36)27(40-19(5)35)25(39-18(4)34)23(42-26)14-37-16(2)32/h11-13,23-28H,14H2,1-10H3/t23-,24-,25-,26-,27+,28-/m1/s1. The van der Waals surface area contributed by atoms with E-state index in [4.69, 9.17) is 37.7 Å². The predicted molar refractivity (Wildman–Crippen MR) is 153 cm³/mol. The van der Waals surface area contributed by atoms with Crippen molar-refractivity contribution in [2.75, 3.05) is 6.61 Å². The summed E-state index contributed by atoms with van der Waals surface area (Å²) in [5, 5.41) is 0. The van der Waals surface area contributed by atoms with Gasteiger partial charge in [0, 0.05) is 34.6 Å². The first kappa shape index (κ1) is 35.0. The molecule has 2 saturated heterocycles. The fraction of sp³-hybridized carbons (Fsp3) is 0.633. The molecule has 2 aliphatic heterocycles. The quantitative estimate of drug-likeness (QED) is 0.224. The van der Waals surface area contributed by atoms with E-state index in [0.717, 1.165) is 20.8 Å². The first-order valence-electron chi connectivity index (χ1n) is 14.3. The second kappa shape index (κ2) is 13.7. The third-order valence-electron chi connectivity index (χ3n) is 7.74. The Labute approximate surface area is 257 Å². The number of carbonyl (C=O) groups excluding carboxylic acids is 5. The van der Waals surface area contributed by atoms with Gasteiger partial charge >= 0.3 is 37.0 Å². The maximum Gasteiger partial charge on any atom is 0.494 e. The van der Waals surface area contributed by atoms with Crippen molar-refractivity contribution in [2.24, 2.45) is 0 Å². The summed E-state index contributed by atoms with van der Waals surface area (Å²) in [5.74, 6) is -3.63. The van der Waals surface area contributed by atoms with Gasteiger partial charge in [0.05, 0.1) is 11.2 Å². The SMILES string of the molecule is CC(=O)OC[C@H]1O[C@H]([C@H](OC(C)=O)c2ccc(B3OC(C)(C)C(C)(C)O3)cc2C)[C@@H](OC(C)=O)[C@@H](OC(C)=O)[C@@H]1OC(C)=O. The highest BCUT2D eigenvalue weighted by Crippen LogP contribution is 2.39. The Morgan fingerprint density at radius 1 is 0.773 bits per heavy atom. The molecule has 0 aromatic heterocycles. The Balaban J connectivity index is 2.12. The zero-order valence-electron chi connectivity index (χ0n) is 26.8. The van der Waals surface area contributed by atoms with Gasteiger partial charge in [-0.1, -0.05) is 18.2 Å². The summed E-state index contributed by atoms with van der Waals surface area (Å²) in [5.41, 5.74) is 0.697. The van der Waals surface area contributed by atoms with E-state index >= 15 is 0 Å². The lowest BCUT2D eigenvalue weighted by molar-refractivity contribution is -0.268. The largest absolute Gasteiger partial charge is 0.494 e. The summed E-state index contributed by atoms with van der Waals surface area (Å²) in [6.07, 6.45) is -7.91. The van der Waals surface area contributed by atoms with Crippen LogP contribution in [0.15, 0.2) is 18.2 Å². The topological polar surface area (TPSA) is 159 Å². The van der Waals surface area contributed by atoms with Crippen molar-refractivity contribution in [3.8, 4) is 0 Å². The number of esters is 5. The number of hydrogen-bond donors (Lipinski definition) is 0. The first-order valence-corrected chi connectivity index (χ1v) is 14.3. The zero-order valence-corrected chi connectivity index (χ0v) is 26.8. The molecule has 0 aliphatic carbocycles. The lowest BCUT2D eigenvalue weighted by Crippen LogP contribution is -2.63. The average Bonchev–Trinajstić information content (AvgIpc) is 3.09. The van der Waals surface area contributed by atoms with Crippen molar-refractivity contribution in [3.05, 3.63) is 29.3 Å². The molecule has 2 aliphatic rings. The summed E-state index contributed by atoms with van der Waals surface area (Å²) in [6, 6.07) is 5.28. The monoisotopic (exact) mass is 620 g/mol. The van der Waals surface area contributed by atoms with Crippen LogP contribution in [-0.2, 0) is 61.7 Å². The Hall–Kier alpha value is -3.49. The molecule has 6 atom stereocenters. The highest BCUT2D eigenvalue weighted by atomic mass is 16.7. The molecule has 0 saturated carbocycles. The highest BCUT2D eigenvalue weighted by molar-refractivity contribution is 6.62. The molecule has 1 aromatic carbocycles. The normalized spacial score (nSPS) is 26.2. The van der Waals surface area contributed by atoms with E-state index in [1.165, 1.54) is 13.8 Å². The number of hydrogen-bond acceptors (Lipinski definition) is 13. The van der Waals surface area contributed by atoms with Crippen LogP contribution in [0.2, 0.25) is 0 Å². The van der Waals surface area contributed by atoms with Crippen LogP contribution in [0.5, 0.6) is 0 Å². The van der Waals surface area contributed by atoms with E-state index in [0.29, 0.717) is 16.6 Å². The lowest BCUT2D eigenvalue weighted by Gasteiger charge is -2.46. The summed E-state index contributed by atoms with van der Waals surface area (Å²) in [6.45, 7) is 14.9. The van der Waals surface area contributed by atoms with E-state index in [2.05, 4.69) is 0 Å². The third-order valence-corrected chi connectivity index (χ3v) is 7.74. The minimum atomic E-state index is -1.42. The molecule has 2 heterocycles. The number of carbonyl (C=O) groups is 5. The lowest BCUT2D eigenvalue weighted by atomic mass is 9.77. The van der Waals surface area contributed by atoms with Gasteiger partial charge in [0.1, 0.15) is 18.8 Å². The molecule has 2 fully saturated rings. The minimum Gasteiger partial charge on any atom is -0.463 e. The van der Waals surface area contributed by atoms with Gasteiger partial charge in [-0.3, -0.25) is 24.0 Å². The van der Waals surface area contributed by atoms with Crippen LogP contribution in [0.25, 0.3) is 0 Å². The van der Waals surface area contributed by atoms with Crippen LogP contribution in [-0.4, -0.2) is 85.3 Å². The molecule has 242 valence electrons. The third kappa shape index (κ3) is 8.16. The Morgan fingerprint density at radius 2 is 1.30 bits per heavy atom. The second-order valence-electron chi connectivity index (χ2n) is 11.9. The molecule has 0 spiro atoms. The molecule has 0 N–H and O–H groups in total. The second-order valence-corrected chi connectivity index (χ2v) is 11.9. The van der Waals surface area contributed by atoms with Gasteiger partial charge in [0.25, 0.3) is 0 Å². The van der Waals surface area contributed by atoms with Crippen LogP contribution in [0.3, 0.4) is 0 Å². The van der Waals surface area contributed by atoms with Gasteiger partial charge in [-0.25, -0.2) is 0 Å². The molecule has 0 radical (unpaired) electrons. The van der Waals surface area contributed by atoms with Crippen molar-refractivity contribution < 1.29 is 61.7 Å². The summed E-state index contributed by atoms with van der Waals surface area (Å²) in [7, 11) is -0.661. The molecule has 0 amide bonds. The Kier molecular flexibility index (Phi) is 10.9. The molecule has 1 aromatic rings. The van der Waals surface area contributed by atoms with Gasteiger partial charge in [-0.05, 0) is 51.2 Å². The number of ether oxygens (including phenoxy) is 6. The Bertz CT molecular complexity index is 1260. The molecule has 0 unspecified atom stereocenters. The van der Waals surface area contributed by atoms with Gasteiger partial charge in [0.2, 0.25) is 0 Å². The number of aryl methyl sites for hydroxylation is 1. The number of rotatable bonds is 9. The fourth-order valence-electron chi connectivity index (χ4n) is 5.14. The van der Waals surface area contributed by atoms with Crippen LogP contribution in [0.4, 0.5) is 0 Å². The van der Waals surface area contributed by atoms with E-state index < -0.39 is 91.4 Å². The smallest absolute Gasteiger partial charge is 0.463 e. The van der Waals surface area contributed by atoms with Crippen molar-refractivity contribution in [1.29, 1.82) is 0 Å². The van der Waals surface area contributed by atoms with Crippen molar-refractivity contribution in [3.63, 3.8) is 0 Å². The highest BCUT2D eigenvalue weighted by Gasteiger charge is 2.56. The van der Waals surface area contributed by atoms with Crippen molar-refractivity contribution in [2.45, 2.75) is 117 Å². The Morgan fingerprint density at radius 3 is 1.77 bits per heavy atom. The van der Waals surface area contributed by atoms with Gasteiger partial charge in [-0.15, -0.1) is 0 Å². The van der Waals surface area contributed by atoms with E-state index in [1.807, 2.05) is 33.8 Å². The molecule has 0 bridgehead atoms. The predicted octanol–water partition coefficient (Wildman–Crippen LogP) is 2.02. The summed E-state index contributed by atoms with van der Waals surface area (Å²) < 4.78 is 46.2. The van der Waals surface area contributed by atoms with Gasteiger partial charge < -0.3 is 37.7 Å². The van der Waals surface area contributed by atoms with Crippen LogP contribution in [0.1, 0.15) is 79.5 Å². The first-order chi connectivity index (χ1) is 20.3. The van der Waals surface area contributed by atoms with E-state index in [1.54, 1.807) is 19.1 Å². The van der Waals surface area contributed by atoms with E-state index in [-0.39, 0.29) is 0 Å².